The average Bonchev–Trinajstić information content (AvgIpc) is 2.80. The summed E-state index contributed by atoms with van der Waals surface area (Å²) in [4.78, 5) is 4.38. The molecule has 0 fully saturated rings. The van der Waals surface area contributed by atoms with Gasteiger partial charge in [0.05, 0.1) is 6.04 Å². The summed E-state index contributed by atoms with van der Waals surface area (Å²) in [7, 11) is 0. The molecule has 102 valence electrons. The molecule has 0 unspecified atom stereocenters. The van der Waals surface area contributed by atoms with Crippen molar-refractivity contribution in [1.29, 1.82) is 0 Å². The van der Waals surface area contributed by atoms with Gasteiger partial charge in [0.25, 0.3) is 0 Å². The molecule has 1 aromatic heterocycles. The van der Waals surface area contributed by atoms with Gasteiger partial charge < -0.3 is 10.3 Å². The average molecular weight is 259 g/mol. The highest BCUT2D eigenvalue weighted by atomic mass is 16.5. The predicted octanol–water partition coefficient (Wildman–Crippen LogP) is 3.01. The van der Waals surface area contributed by atoms with Crippen LogP contribution >= 0.6 is 0 Å². The number of hydrogen-bond acceptors (Lipinski definition) is 4. The molecule has 0 saturated carbocycles. The quantitative estimate of drug-likeness (QED) is 0.896. The van der Waals surface area contributed by atoms with E-state index in [2.05, 4.69) is 55.2 Å². The standard InChI is InChI=1S/C15H21N3O/c1-10(2)8-13(16)15-17-14(18-19-15)9-12-6-4-11(3)5-7-12/h4-7,10,13H,8-9,16H2,1-3H3/t13-/m0/s1. The van der Waals surface area contributed by atoms with Gasteiger partial charge in [0.15, 0.2) is 5.82 Å². The van der Waals surface area contributed by atoms with Gasteiger partial charge in [-0.3, -0.25) is 0 Å². The Labute approximate surface area is 114 Å². The lowest BCUT2D eigenvalue weighted by Gasteiger charge is -2.08. The van der Waals surface area contributed by atoms with E-state index in [-0.39, 0.29) is 6.04 Å². The Kier molecular flexibility index (Phi) is 4.32. The Morgan fingerprint density at radius 3 is 2.53 bits per heavy atom. The summed E-state index contributed by atoms with van der Waals surface area (Å²) in [5.41, 5.74) is 8.45. The van der Waals surface area contributed by atoms with Crippen molar-refractivity contribution in [3.63, 3.8) is 0 Å². The summed E-state index contributed by atoms with van der Waals surface area (Å²) in [6.45, 7) is 6.33. The van der Waals surface area contributed by atoms with Crippen molar-refractivity contribution < 1.29 is 4.52 Å². The van der Waals surface area contributed by atoms with Crippen LogP contribution in [-0.4, -0.2) is 10.1 Å². The minimum Gasteiger partial charge on any atom is -0.338 e. The van der Waals surface area contributed by atoms with Crippen molar-refractivity contribution in [3.8, 4) is 0 Å². The molecule has 0 aliphatic rings. The van der Waals surface area contributed by atoms with Crippen molar-refractivity contribution in [3.05, 3.63) is 47.1 Å². The van der Waals surface area contributed by atoms with Crippen LogP contribution in [0.25, 0.3) is 0 Å². The molecule has 0 aliphatic carbocycles. The number of aryl methyl sites for hydroxylation is 1. The molecule has 0 aliphatic heterocycles. The van der Waals surface area contributed by atoms with Crippen molar-refractivity contribution in [2.45, 2.75) is 39.7 Å². The third kappa shape index (κ3) is 3.89. The van der Waals surface area contributed by atoms with Crippen LogP contribution in [0, 0.1) is 12.8 Å². The first-order valence-corrected chi connectivity index (χ1v) is 6.68. The van der Waals surface area contributed by atoms with Crippen LogP contribution in [0.2, 0.25) is 0 Å². The SMILES string of the molecule is Cc1ccc(Cc2noc([C@@H](N)CC(C)C)n2)cc1. The number of rotatable bonds is 5. The van der Waals surface area contributed by atoms with Crippen molar-refractivity contribution in [1.82, 2.24) is 10.1 Å². The molecule has 0 radical (unpaired) electrons. The van der Waals surface area contributed by atoms with E-state index < -0.39 is 0 Å². The molecule has 19 heavy (non-hydrogen) atoms. The van der Waals surface area contributed by atoms with E-state index in [1.807, 2.05) is 0 Å². The van der Waals surface area contributed by atoms with E-state index in [9.17, 15) is 0 Å². The summed E-state index contributed by atoms with van der Waals surface area (Å²) in [5, 5.41) is 4.00. The monoisotopic (exact) mass is 259 g/mol. The fraction of sp³-hybridized carbons (Fsp3) is 0.467. The van der Waals surface area contributed by atoms with E-state index in [0.717, 1.165) is 6.42 Å². The largest absolute Gasteiger partial charge is 0.338 e. The van der Waals surface area contributed by atoms with Crippen LogP contribution in [0.5, 0.6) is 0 Å². The number of nitrogens with two attached hydrogens (primary N) is 1. The molecule has 2 N–H and O–H groups in total. The second kappa shape index (κ2) is 5.97. The maximum absolute atomic E-state index is 6.03. The zero-order chi connectivity index (χ0) is 13.8. The van der Waals surface area contributed by atoms with Gasteiger partial charge in [-0.25, -0.2) is 0 Å². The van der Waals surface area contributed by atoms with Crippen molar-refractivity contribution >= 4 is 0 Å². The molecule has 0 amide bonds. The zero-order valence-corrected chi connectivity index (χ0v) is 11.8. The Hall–Kier alpha value is -1.68. The molecule has 4 heteroatoms. The fourth-order valence-corrected chi connectivity index (χ4v) is 1.99. The second-order valence-electron chi connectivity index (χ2n) is 5.45. The summed E-state index contributed by atoms with van der Waals surface area (Å²) in [6, 6.07) is 8.17. The molecule has 0 saturated heterocycles. The summed E-state index contributed by atoms with van der Waals surface area (Å²) in [6.07, 6.45) is 1.53. The van der Waals surface area contributed by atoms with Crippen LogP contribution in [-0.2, 0) is 6.42 Å². The molecular weight excluding hydrogens is 238 g/mol. The predicted molar refractivity (Wildman–Crippen MR) is 74.7 cm³/mol. The highest BCUT2D eigenvalue weighted by molar-refractivity contribution is 5.23. The summed E-state index contributed by atoms with van der Waals surface area (Å²) in [5.74, 6) is 1.75. The van der Waals surface area contributed by atoms with Gasteiger partial charge in [0, 0.05) is 6.42 Å². The number of hydrogen-bond donors (Lipinski definition) is 1. The van der Waals surface area contributed by atoms with Gasteiger partial charge in [-0.15, -0.1) is 0 Å². The van der Waals surface area contributed by atoms with Gasteiger partial charge >= 0.3 is 0 Å². The molecule has 1 atom stereocenters. The Morgan fingerprint density at radius 2 is 1.89 bits per heavy atom. The molecule has 4 nitrogen and oxygen atoms in total. The van der Waals surface area contributed by atoms with E-state index in [1.54, 1.807) is 0 Å². The van der Waals surface area contributed by atoms with E-state index in [4.69, 9.17) is 10.3 Å². The van der Waals surface area contributed by atoms with Crippen LogP contribution in [0.15, 0.2) is 28.8 Å². The second-order valence-corrected chi connectivity index (χ2v) is 5.45. The Bertz CT molecular complexity index is 516. The van der Waals surface area contributed by atoms with Gasteiger partial charge in [0.2, 0.25) is 5.89 Å². The Morgan fingerprint density at radius 1 is 1.21 bits per heavy atom. The zero-order valence-electron chi connectivity index (χ0n) is 11.8. The minimum atomic E-state index is -0.167. The molecule has 2 aromatic rings. The maximum atomic E-state index is 6.03. The third-order valence-corrected chi connectivity index (χ3v) is 3.01. The van der Waals surface area contributed by atoms with E-state index >= 15 is 0 Å². The molecular formula is C15H21N3O. The first-order chi connectivity index (χ1) is 9.04. The highest BCUT2D eigenvalue weighted by Crippen LogP contribution is 2.17. The maximum Gasteiger partial charge on any atom is 0.243 e. The van der Waals surface area contributed by atoms with Crippen molar-refractivity contribution in [2.24, 2.45) is 11.7 Å². The molecule has 1 heterocycles. The van der Waals surface area contributed by atoms with Gasteiger partial charge in [0.1, 0.15) is 0 Å². The highest BCUT2D eigenvalue weighted by Gasteiger charge is 2.16. The van der Waals surface area contributed by atoms with Gasteiger partial charge in [-0.05, 0) is 24.8 Å². The minimum absolute atomic E-state index is 0.167. The summed E-state index contributed by atoms with van der Waals surface area (Å²) >= 11 is 0. The molecule has 0 bridgehead atoms. The van der Waals surface area contributed by atoms with Crippen LogP contribution in [0.4, 0.5) is 0 Å². The smallest absolute Gasteiger partial charge is 0.243 e. The Balaban J connectivity index is 2.02. The number of nitrogens with zero attached hydrogens (tertiary/aromatic N) is 2. The van der Waals surface area contributed by atoms with Gasteiger partial charge in [-0.2, -0.15) is 4.98 Å². The first-order valence-electron chi connectivity index (χ1n) is 6.68. The molecule has 1 aromatic carbocycles. The summed E-state index contributed by atoms with van der Waals surface area (Å²) < 4.78 is 5.24. The lowest BCUT2D eigenvalue weighted by molar-refractivity contribution is 0.333. The molecule has 0 spiro atoms. The normalized spacial score (nSPS) is 12.9. The van der Waals surface area contributed by atoms with E-state index in [0.29, 0.717) is 24.1 Å². The van der Waals surface area contributed by atoms with E-state index in [1.165, 1.54) is 11.1 Å². The van der Waals surface area contributed by atoms with Crippen LogP contribution in [0.3, 0.4) is 0 Å². The first kappa shape index (κ1) is 13.7. The van der Waals surface area contributed by atoms with Crippen LogP contribution < -0.4 is 5.73 Å². The fourth-order valence-electron chi connectivity index (χ4n) is 1.99. The van der Waals surface area contributed by atoms with Gasteiger partial charge in [-0.1, -0.05) is 48.8 Å². The lowest BCUT2D eigenvalue weighted by Crippen LogP contribution is -2.13. The van der Waals surface area contributed by atoms with Crippen molar-refractivity contribution in [2.75, 3.05) is 0 Å². The third-order valence-electron chi connectivity index (χ3n) is 3.01. The number of benzene rings is 1. The number of aromatic nitrogens is 2. The lowest BCUT2D eigenvalue weighted by atomic mass is 10.0. The topological polar surface area (TPSA) is 64.9 Å². The van der Waals surface area contributed by atoms with Crippen LogP contribution in [0.1, 0.15) is 49.2 Å². The molecule has 2 rings (SSSR count).